The third-order valence-electron chi connectivity index (χ3n) is 3.28. The smallest absolute Gasteiger partial charge is 0.266 e. The molecule has 7 heteroatoms. The molecule has 7 nitrogen and oxygen atoms in total. The number of morpholine rings is 1. The molecular weight excluding hydrogens is 272 g/mol. The molecule has 1 N–H and O–H groups in total. The molecule has 0 bridgehead atoms. The van der Waals surface area contributed by atoms with Crippen LogP contribution in [0.15, 0.2) is 27.2 Å². The first-order chi connectivity index (χ1) is 10.4. The summed E-state index contributed by atoms with van der Waals surface area (Å²) in [6.45, 7) is 4.96. The Morgan fingerprint density at radius 1 is 1.38 bits per heavy atom. The van der Waals surface area contributed by atoms with E-state index in [4.69, 9.17) is 18.8 Å². The van der Waals surface area contributed by atoms with Gasteiger partial charge in [-0.2, -0.15) is 10.2 Å². The van der Waals surface area contributed by atoms with Crippen LogP contribution in [-0.4, -0.2) is 49.3 Å². The predicted octanol–water partition coefficient (Wildman–Crippen LogP) is 1.55. The molecule has 110 valence electrons. The zero-order valence-corrected chi connectivity index (χ0v) is 11.5. The lowest BCUT2D eigenvalue weighted by Gasteiger charge is -2.26. The van der Waals surface area contributed by atoms with Crippen LogP contribution in [0.5, 0.6) is 0 Å². The number of nitrogens with one attached hydrogen (secondary N) is 1. The van der Waals surface area contributed by atoms with Crippen molar-refractivity contribution in [3.8, 4) is 17.7 Å². The standard InChI is InChI=1S/C14H16N4O3/c15-10-11-13(16-3-4-18-5-8-19-9-6-18)21-14(17-11)12-2-1-7-20-12/h1-2,7,16H,3-6,8-9H2. The lowest BCUT2D eigenvalue weighted by Crippen LogP contribution is -2.39. The second kappa shape index (κ2) is 6.43. The van der Waals surface area contributed by atoms with Crippen LogP contribution in [0.2, 0.25) is 0 Å². The first kappa shape index (κ1) is 13.7. The Balaban J connectivity index is 1.61. The number of hydrogen-bond acceptors (Lipinski definition) is 7. The van der Waals surface area contributed by atoms with Crippen molar-refractivity contribution in [2.45, 2.75) is 0 Å². The molecule has 1 aliphatic rings. The minimum absolute atomic E-state index is 0.239. The summed E-state index contributed by atoms with van der Waals surface area (Å²) in [5, 5.41) is 12.2. The van der Waals surface area contributed by atoms with Gasteiger partial charge < -0.3 is 18.9 Å². The van der Waals surface area contributed by atoms with E-state index in [1.807, 2.05) is 6.07 Å². The van der Waals surface area contributed by atoms with E-state index < -0.39 is 0 Å². The first-order valence-corrected chi connectivity index (χ1v) is 6.85. The Morgan fingerprint density at radius 3 is 2.95 bits per heavy atom. The van der Waals surface area contributed by atoms with E-state index in [0.29, 0.717) is 24.1 Å². The van der Waals surface area contributed by atoms with Gasteiger partial charge in [0.15, 0.2) is 5.76 Å². The van der Waals surface area contributed by atoms with E-state index in [0.717, 1.165) is 32.8 Å². The minimum Gasteiger partial charge on any atom is -0.459 e. The van der Waals surface area contributed by atoms with Gasteiger partial charge in [0.1, 0.15) is 6.07 Å². The molecule has 2 aromatic rings. The lowest BCUT2D eigenvalue weighted by molar-refractivity contribution is 0.0398. The number of aromatic nitrogens is 1. The predicted molar refractivity (Wildman–Crippen MR) is 74.7 cm³/mol. The molecule has 0 saturated carbocycles. The number of nitrogens with zero attached hydrogens (tertiary/aromatic N) is 3. The molecule has 0 aliphatic carbocycles. The molecule has 0 amide bonds. The van der Waals surface area contributed by atoms with Gasteiger partial charge >= 0.3 is 0 Å². The van der Waals surface area contributed by atoms with Gasteiger partial charge in [-0.1, -0.05) is 0 Å². The van der Waals surface area contributed by atoms with Crippen molar-refractivity contribution in [1.29, 1.82) is 5.26 Å². The number of nitriles is 1. The summed E-state index contributed by atoms with van der Waals surface area (Å²) in [6.07, 6.45) is 1.54. The van der Waals surface area contributed by atoms with E-state index in [1.54, 1.807) is 12.1 Å². The van der Waals surface area contributed by atoms with Gasteiger partial charge in [0.25, 0.3) is 5.89 Å². The molecule has 3 heterocycles. The molecule has 1 aliphatic heterocycles. The Morgan fingerprint density at radius 2 is 2.24 bits per heavy atom. The van der Waals surface area contributed by atoms with Crippen molar-refractivity contribution in [3.05, 3.63) is 24.1 Å². The van der Waals surface area contributed by atoms with Crippen LogP contribution in [-0.2, 0) is 4.74 Å². The highest BCUT2D eigenvalue weighted by atomic mass is 16.5. The fraction of sp³-hybridized carbons (Fsp3) is 0.429. The highest BCUT2D eigenvalue weighted by molar-refractivity contribution is 5.54. The molecular formula is C14H16N4O3. The normalized spacial score (nSPS) is 15.8. The third-order valence-corrected chi connectivity index (χ3v) is 3.28. The molecule has 3 rings (SSSR count). The maximum Gasteiger partial charge on any atom is 0.266 e. The van der Waals surface area contributed by atoms with Crippen LogP contribution in [0.3, 0.4) is 0 Å². The highest BCUT2D eigenvalue weighted by Crippen LogP contribution is 2.25. The second-order valence-electron chi connectivity index (χ2n) is 4.67. The SMILES string of the molecule is N#Cc1nc(-c2ccco2)oc1NCCN1CCOCC1. The number of hydrogen-bond donors (Lipinski definition) is 1. The summed E-state index contributed by atoms with van der Waals surface area (Å²) in [4.78, 5) is 6.42. The van der Waals surface area contributed by atoms with E-state index in [-0.39, 0.29) is 5.69 Å². The maximum absolute atomic E-state index is 9.11. The zero-order valence-electron chi connectivity index (χ0n) is 11.5. The Bertz CT molecular complexity index is 609. The summed E-state index contributed by atoms with van der Waals surface area (Å²) >= 11 is 0. The van der Waals surface area contributed by atoms with Crippen LogP contribution < -0.4 is 5.32 Å². The van der Waals surface area contributed by atoms with Crippen molar-refractivity contribution in [3.63, 3.8) is 0 Å². The molecule has 0 atom stereocenters. The van der Waals surface area contributed by atoms with Crippen molar-refractivity contribution >= 4 is 5.88 Å². The molecule has 21 heavy (non-hydrogen) atoms. The van der Waals surface area contributed by atoms with Crippen molar-refractivity contribution < 1.29 is 13.6 Å². The summed E-state index contributed by atoms with van der Waals surface area (Å²) in [6, 6.07) is 5.51. The first-order valence-electron chi connectivity index (χ1n) is 6.85. The lowest BCUT2D eigenvalue weighted by atomic mass is 10.4. The number of anilines is 1. The van der Waals surface area contributed by atoms with Gasteiger partial charge in [0, 0.05) is 26.2 Å². The van der Waals surface area contributed by atoms with Crippen molar-refractivity contribution in [2.75, 3.05) is 44.7 Å². The van der Waals surface area contributed by atoms with Gasteiger partial charge in [-0.15, -0.1) is 0 Å². The monoisotopic (exact) mass is 288 g/mol. The van der Waals surface area contributed by atoms with Crippen LogP contribution in [0.25, 0.3) is 11.7 Å². The van der Waals surface area contributed by atoms with Gasteiger partial charge in [0.2, 0.25) is 11.6 Å². The summed E-state index contributed by atoms with van der Waals surface area (Å²) in [7, 11) is 0. The van der Waals surface area contributed by atoms with Crippen LogP contribution >= 0.6 is 0 Å². The Labute approximate surface area is 122 Å². The fourth-order valence-corrected chi connectivity index (χ4v) is 2.17. The molecule has 1 saturated heterocycles. The molecule has 0 unspecified atom stereocenters. The van der Waals surface area contributed by atoms with Gasteiger partial charge in [0.05, 0.1) is 19.5 Å². The van der Waals surface area contributed by atoms with Crippen molar-refractivity contribution in [1.82, 2.24) is 9.88 Å². The summed E-state index contributed by atoms with van der Waals surface area (Å²) in [5.41, 5.74) is 0.239. The van der Waals surface area contributed by atoms with Crippen LogP contribution in [0.4, 0.5) is 5.88 Å². The van der Waals surface area contributed by atoms with Crippen molar-refractivity contribution in [2.24, 2.45) is 0 Å². The minimum atomic E-state index is 0.239. The number of ether oxygens (including phenoxy) is 1. The molecule has 0 aromatic carbocycles. The summed E-state index contributed by atoms with van der Waals surface area (Å²) in [5.74, 6) is 1.20. The Hall–Kier alpha value is -2.30. The van der Waals surface area contributed by atoms with Crippen LogP contribution in [0.1, 0.15) is 5.69 Å². The number of furan rings is 1. The molecule has 2 aromatic heterocycles. The van der Waals surface area contributed by atoms with E-state index in [9.17, 15) is 0 Å². The van der Waals surface area contributed by atoms with Gasteiger partial charge in [-0.25, -0.2) is 0 Å². The largest absolute Gasteiger partial charge is 0.459 e. The second-order valence-corrected chi connectivity index (χ2v) is 4.67. The van der Waals surface area contributed by atoms with Gasteiger partial charge in [-0.3, -0.25) is 4.90 Å². The number of rotatable bonds is 5. The maximum atomic E-state index is 9.11. The van der Waals surface area contributed by atoms with E-state index in [2.05, 4.69) is 15.2 Å². The Kier molecular flexibility index (Phi) is 4.19. The number of oxazole rings is 1. The fourth-order valence-electron chi connectivity index (χ4n) is 2.17. The highest BCUT2D eigenvalue weighted by Gasteiger charge is 2.16. The third kappa shape index (κ3) is 3.24. The van der Waals surface area contributed by atoms with Crippen LogP contribution in [0, 0.1) is 11.3 Å². The van der Waals surface area contributed by atoms with Gasteiger partial charge in [-0.05, 0) is 12.1 Å². The average molecular weight is 288 g/mol. The quantitative estimate of drug-likeness (QED) is 0.893. The molecule has 0 spiro atoms. The zero-order chi connectivity index (χ0) is 14.5. The molecule has 0 radical (unpaired) electrons. The topological polar surface area (TPSA) is 87.5 Å². The van der Waals surface area contributed by atoms with E-state index >= 15 is 0 Å². The molecule has 1 fully saturated rings. The van der Waals surface area contributed by atoms with E-state index in [1.165, 1.54) is 6.26 Å². The average Bonchev–Trinajstić information content (AvgIpc) is 3.17. The summed E-state index contributed by atoms with van der Waals surface area (Å²) < 4.78 is 16.1.